The number of ether oxygens (including phenoxy) is 2. The maximum atomic E-state index is 14.5. The van der Waals surface area contributed by atoms with E-state index in [0.29, 0.717) is 40.5 Å². The molecule has 0 radical (unpaired) electrons. The van der Waals surface area contributed by atoms with Gasteiger partial charge in [0.15, 0.2) is 5.65 Å². The number of carbonyl (C=O) groups is 1. The molecule has 0 bridgehead atoms. The number of nitrogens with zero attached hydrogens (tertiary/aromatic N) is 5. The van der Waals surface area contributed by atoms with Crippen LogP contribution < -0.4 is 14.8 Å². The van der Waals surface area contributed by atoms with E-state index in [9.17, 15) is 9.18 Å². The minimum absolute atomic E-state index is 0.175. The molecule has 5 rings (SSSR count). The largest absolute Gasteiger partial charge is 0.497 e. The Morgan fingerprint density at radius 2 is 1.97 bits per heavy atom. The number of halogens is 1. The van der Waals surface area contributed by atoms with E-state index in [2.05, 4.69) is 20.4 Å². The summed E-state index contributed by atoms with van der Waals surface area (Å²) >= 11 is 0. The lowest BCUT2D eigenvalue weighted by Crippen LogP contribution is -2.23. The van der Waals surface area contributed by atoms with Crippen molar-refractivity contribution in [3.05, 3.63) is 96.1 Å². The first-order chi connectivity index (χ1) is 17.6. The third-order valence-corrected chi connectivity index (χ3v) is 5.80. The van der Waals surface area contributed by atoms with Crippen molar-refractivity contribution in [1.29, 1.82) is 0 Å². The average Bonchev–Trinajstić information content (AvgIpc) is 3.58. The highest BCUT2D eigenvalue weighted by Crippen LogP contribution is 2.26. The summed E-state index contributed by atoms with van der Waals surface area (Å²) in [6, 6.07) is 12.1. The average molecular weight is 487 g/mol. The Kier molecular flexibility index (Phi) is 6.31. The molecule has 5 aromatic rings. The number of benzene rings is 2. The zero-order chi connectivity index (χ0) is 25.1. The Labute approximate surface area is 206 Å². The lowest BCUT2D eigenvalue weighted by atomic mass is 10.1. The fourth-order valence-corrected chi connectivity index (χ4v) is 3.91. The molecular weight excluding hydrogens is 463 g/mol. The van der Waals surface area contributed by atoms with Gasteiger partial charge in [-0.05, 0) is 35.9 Å². The monoisotopic (exact) mass is 486 g/mol. The van der Waals surface area contributed by atoms with Gasteiger partial charge in [-0.15, -0.1) is 0 Å². The summed E-state index contributed by atoms with van der Waals surface area (Å²) in [5.74, 6) is 0.673. The summed E-state index contributed by atoms with van der Waals surface area (Å²) in [6.45, 7) is 0.615. The molecule has 10 heteroatoms. The summed E-state index contributed by atoms with van der Waals surface area (Å²) in [7, 11) is 3.20. The van der Waals surface area contributed by atoms with Gasteiger partial charge in [0, 0.05) is 42.2 Å². The van der Waals surface area contributed by atoms with Gasteiger partial charge in [-0.3, -0.25) is 4.79 Å². The molecule has 0 atom stereocenters. The molecule has 0 fully saturated rings. The van der Waals surface area contributed by atoms with E-state index in [4.69, 9.17) is 9.47 Å². The summed E-state index contributed by atoms with van der Waals surface area (Å²) in [6.07, 6.45) is 7.94. The van der Waals surface area contributed by atoms with E-state index >= 15 is 0 Å². The Bertz CT molecular complexity index is 1530. The van der Waals surface area contributed by atoms with Crippen molar-refractivity contribution in [2.45, 2.75) is 13.1 Å². The second-order valence-electron chi connectivity index (χ2n) is 8.06. The molecule has 0 saturated carbocycles. The maximum absolute atomic E-state index is 14.5. The number of hydrogen-bond acceptors (Lipinski definition) is 6. The SMILES string of the molecule is COc1ccc(Cn2ncc3cc(C(=O)NCc4ccc(-n5ccnc5)c(F)c4)cnc32)c(OC)c1. The van der Waals surface area contributed by atoms with Crippen LogP contribution in [0.25, 0.3) is 16.7 Å². The standard InChI is InChI=1S/C26H23FN6O3/c1-35-21-5-4-18(24(11-21)36-2)15-33-25-19(14-31-33)10-20(13-29-25)26(34)30-12-17-3-6-23(22(27)9-17)32-8-7-28-16-32/h3-11,13-14,16H,12,15H2,1-2H3,(H,30,34). The predicted octanol–water partition coefficient (Wildman–Crippen LogP) is 3.75. The first-order valence-electron chi connectivity index (χ1n) is 11.1. The molecule has 0 saturated heterocycles. The number of carbonyl (C=O) groups excluding carboxylic acids is 1. The van der Waals surface area contributed by atoms with Crippen LogP contribution in [0.2, 0.25) is 0 Å². The van der Waals surface area contributed by atoms with E-state index in [1.165, 1.54) is 18.6 Å². The summed E-state index contributed by atoms with van der Waals surface area (Å²) < 4.78 is 28.5. The number of nitrogens with one attached hydrogen (secondary N) is 1. The van der Waals surface area contributed by atoms with Gasteiger partial charge in [-0.25, -0.2) is 19.0 Å². The molecule has 2 aromatic carbocycles. The van der Waals surface area contributed by atoms with Crippen molar-refractivity contribution in [3.8, 4) is 17.2 Å². The van der Waals surface area contributed by atoms with Crippen molar-refractivity contribution in [1.82, 2.24) is 29.6 Å². The smallest absolute Gasteiger partial charge is 0.253 e. The summed E-state index contributed by atoms with van der Waals surface area (Å²) in [5.41, 5.74) is 2.97. The Morgan fingerprint density at radius 1 is 1.08 bits per heavy atom. The number of hydrogen-bond donors (Lipinski definition) is 1. The highest BCUT2D eigenvalue weighted by molar-refractivity contribution is 5.96. The van der Waals surface area contributed by atoms with Crippen molar-refractivity contribution >= 4 is 16.9 Å². The number of imidazole rings is 1. The maximum Gasteiger partial charge on any atom is 0.253 e. The van der Waals surface area contributed by atoms with Crippen LogP contribution in [-0.2, 0) is 13.1 Å². The second kappa shape index (κ2) is 9.87. The lowest BCUT2D eigenvalue weighted by Gasteiger charge is -2.11. The lowest BCUT2D eigenvalue weighted by molar-refractivity contribution is 0.0950. The molecule has 182 valence electrons. The molecule has 1 amide bonds. The van der Waals surface area contributed by atoms with E-state index in [1.807, 2.05) is 18.2 Å². The highest BCUT2D eigenvalue weighted by atomic mass is 19.1. The topological polar surface area (TPSA) is 96.1 Å². The third kappa shape index (κ3) is 4.61. The van der Waals surface area contributed by atoms with Gasteiger partial charge >= 0.3 is 0 Å². The van der Waals surface area contributed by atoms with Crippen molar-refractivity contribution < 1.29 is 18.7 Å². The molecule has 0 aliphatic heterocycles. The first-order valence-corrected chi connectivity index (χ1v) is 11.1. The normalized spacial score (nSPS) is 11.0. The quantitative estimate of drug-likeness (QED) is 0.359. The van der Waals surface area contributed by atoms with Crippen LogP contribution in [-0.4, -0.2) is 44.4 Å². The molecule has 36 heavy (non-hydrogen) atoms. The van der Waals surface area contributed by atoms with Crippen molar-refractivity contribution in [2.75, 3.05) is 14.2 Å². The van der Waals surface area contributed by atoms with Gasteiger partial charge in [0.2, 0.25) is 0 Å². The van der Waals surface area contributed by atoms with Crippen LogP contribution in [0.4, 0.5) is 4.39 Å². The molecule has 9 nitrogen and oxygen atoms in total. The zero-order valence-electron chi connectivity index (χ0n) is 19.7. The Morgan fingerprint density at radius 3 is 2.72 bits per heavy atom. The molecule has 0 aliphatic carbocycles. The predicted molar refractivity (Wildman–Crippen MR) is 131 cm³/mol. The van der Waals surface area contributed by atoms with Gasteiger partial charge in [-0.2, -0.15) is 5.10 Å². The van der Waals surface area contributed by atoms with E-state index in [1.54, 1.807) is 60.3 Å². The number of aromatic nitrogens is 5. The molecule has 0 spiro atoms. The van der Waals surface area contributed by atoms with Crippen LogP contribution in [0.15, 0.2) is 73.6 Å². The number of amides is 1. The Balaban J connectivity index is 1.28. The van der Waals surface area contributed by atoms with E-state index in [0.717, 1.165) is 10.9 Å². The van der Waals surface area contributed by atoms with Crippen LogP contribution in [0, 0.1) is 5.82 Å². The fourth-order valence-electron chi connectivity index (χ4n) is 3.91. The van der Waals surface area contributed by atoms with Crippen LogP contribution in [0.1, 0.15) is 21.5 Å². The van der Waals surface area contributed by atoms with Gasteiger partial charge < -0.3 is 19.4 Å². The molecular formula is C26H23FN6O3. The third-order valence-electron chi connectivity index (χ3n) is 5.80. The van der Waals surface area contributed by atoms with Crippen LogP contribution in [0.3, 0.4) is 0 Å². The number of fused-ring (bicyclic) bond motifs is 1. The minimum atomic E-state index is -0.399. The van der Waals surface area contributed by atoms with E-state index in [-0.39, 0.29) is 12.5 Å². The van der Waals surface area contributed by atoms with Gasteiger partial charge in [0.25, 0.3) is 5.91 Å². The first kappa shape index (κ1) is 23.0. The van der Waals surface area contributed by atoms with Gasteiger partial charge in [-0.1, -0.05) is 6.07 Å². The fraction of sp³-hybridized carbons (Fsp3) is 0.154. The number of methoxy groups -OCH3 is 2. The molecule has 3 aromatic heterocycles. The minimum Gasteiger partial charge on any atom is -0.497 e. The summed E-state index contributed by atoms with van der Waals surface area (Å²) in [5, 5.41) is 7.97. The second-order valence-corrected chi connectivity index (χ2v) is 8.06. The van der Waals surface area contributed by atoms with Crippen molar-refractivity contribution in [2.24, 2.45) is 0 Å². The van der Waals surface area contributed by atoms with Crippen LogP contribution >= 0.6 is 0 Å². The highest BCUT2D eigenvalue weighted by Gasteiger charge is 2.13. The molecule has 0 aliphatic rings. The summed E-state index contributed by atoms with van der Waals surface area (Å²) in [4.78, 5) is 21.1. The molecule has 0 unspecified atom stereocenters. The zero-order valence-corrected chi connectivity index (χ0v) is 19.7. The van der Waals surface area contributed by atoms with Crippen LogP contribution in [0.5, 0.6) is 11.5 Å². The van der Waals surface area contributed by atoms with Gasteiger partial charge in [0.05, 0.1) is 44.5 Å². The van der Waals surface area contributed by atoms with Gasteiger partial charge in [0.1, 0.15) is 17.3 Å². The molecule has 1 N–H and O–H groups in total. The van der Waals surface area contributed by atoms with Crippen molar-refractivity contribution in [3.63, 3.8) is 0 Å². The Hall–Kier alpha value is -4.73. The number of rotatable bonds is 8. The number of pyridine rings is 1. The van der Waals surface area contributed by atoms with E-state index < -0.39 is 5.82 Å². The molecule has 3 heterocycles.